The quantitative estimate of drug-likeness (QED) is 0.444. The van der Waals surface area contributed by atoms with Gasteiger partial charge in [0, 0.05) is 0 Å². The number of carbonyl (C=O) groups excluding carboxylic acids is 1. The summed E-state index contributed by atoms with van der Waals surface area (Å²) in [7, 11) is 0. The molecular formula is C4H3FO3. The van der Waals surface area contributed by atoms with Crippen LogP contribution >= 0.6 is 0 Å². The molecule has 0 aromatic rings. The third kappa shape index (κ3) is 0.641. The van der Waals surface area contributed by atoms with Crippen molar-refractivity contribution in [1.82, 2.24) is 0 Å². The third-order valence-electron chi connectivity index (χ3n) is 0.667. The Kier molecular flexibility index (Phi) is 0.932. The molecule has 1 rings (SSSR count). The smallest absolute Gasteiger partial charge is 0.393 e. The van der Waals surface area contributed by atoms with Crippen molar-refractivity contribution in [1.29, 1.82) is 0 Å². The first-order valence-corrected chi connectivity index (χ1v) is 1.91. The minimum Gasteiger partial charge on any atom is -0.393 e. The molecule has 1 saturated heterocycles. The molecule has 0 aromatic heterocycles. The predicted octanol–water partition coefficient (Wildman–Crippen LogP) is 0.962. The van der Waals surface area contributed by atoms with E-state index in [-0.39, 0.29) is 5.76 Å². The Balaban J connectivity index is 2.64. The van der Waals surface area contributed by atoms with Crippen LogP contribution in [-0.4, -0.2) is 12.5 Å². The Morgan fingerprint density at radius 2 is 2.38 bits per heavy atom. The maximum Gasteiger partial charge on any atom is 0.516 e. The van der Waals surface area contributed by atoms with Crippen molar-refractivity contribution < 1.29 is 18.7 Å². The van der Waals surface area contributed by atoms with Gasteiger partial charge in [0.15, 0.2) is 5.76 Å². The summed E-state index contributed by atoms with van der Waals surface area (Å²) < 4.78 is 19.8. The van der Waals surface area contributed by atoms with Gasteiger partial charge in [0.05, 0.1) is 0 Å². The first-order chi connectivity index (χ1) is 3.70. The first kappa shape index (κ1) is 5.08. The largest absolute Gasteiger partial charge is 0.516 e. The second-order valence-electron chi connectivity index (χ2n) is 1.25. The molecule has 3 nitrogen and oxygen atoms in total. The highest BCUT2D eigenvalue weighted by Gasteiger charge is 2.28. The number of alkyl halides is 1. The van der Waals surface area contributed by atoms with Crippen LogP contribution in [0.4, 0.5) is 9.18 Å². The SMILES string of the molecule is C=C1OC(=O)OC1F. The van der Waals surface area contributed by atoms with Crippen LogP contribution < -0.4 is 0 Å². The molecule has 0 bridgehead atoms. The van der Waals surface area contributed by atoms with Crippen LogP contribution in [0.15, 0.2) is 12.3 Å². The van der Waals surface area contributed by atoms with Crippen LogP contribution in [0.3, 0.4) is 0 Å². The van der Waals surface area contributed by atoms with Gasteiger partial charge in [-0.25, -0.2) is 4.79 Å². The molecule has 0 amide bonds. The fraction of sp³-hybridized carbons (Fsp3) is 0.250. The lowest BCUT2D eigenvalue weighted by atomic mass is 10.6. The summed E-state index contributed by atoms with van der Waals surface area (Å²) in [5.41, 5.74) is 0. The molecule has 1 unspecified atom stereocenters. The molecule has 1 aliphatic rings. The molecule has 0 spiro atoms. The van der Waals surface area contributed by atoms with Crippen LogP contribution in [0, 0.1) is 0 Å². The van der Waals surface area contributed by atoms with Gasteiger partial charge in [-0.15, -0.1) is 0 Å². The molecule has 0 radical (unpaired) electrons. The number of hydrogen-bond acceptors (Lipinski definition) is 3. The number of hydrogen-bond donors (Lipinski definition) is 0. The Bertz CT molecular complexity index is 142. The van der Waals surface area contributed by atoms with Gasteiger partial charge in [-0.3, -0.25) is 0 Å². The molecule has 0 saturated carbocycles. The van der Waals surface area contributed by atoms with Crippen molar-refractivity contribution in [2.75, 3.05) is 0 Å². The maximum atomic E-state index is 11.9. The fourth-order valence-electron chi connectivity index (χ4n) is 0.328. The molecule has 0 aliphatic carbocycles. The topological polar surface area (TPSA) is 35.5 Å². The average Bonchev–Trinajstić information content (AvgIpc) is 1.85. The molecule has 1 aliphatic heterocycles. The highest BCUT2D eigenvalue weighted by molar-refractivity contribution is 5.64. The average molecular weight is 118 g/mol. The van der Waals surface area contributed by atoms with Gasteiger partial charge < -0.3 is 9.47 Å². The molecule has 4 heteroatoms. The van der Waals surface area contributed by atoms with Crippen molar-refractivity contribution in [3.05, 3.63) is 12.3 Å². The Hall–Kier alpha value is -1.06. The minimum atomic E-state index is -1.78. The minimum absolute atomic E-state index is 0.282. The summed E-state index contributed by atoms with van der Waals surface area (Å²) in [6.45, 7) is 3.04. The Morgan fingerprint density at radius 3 is 2.50 bits per heavy atom. The molecule has 1 heterocycles. The number of halogens is 1. The standard InChI is InChI=1S/C4H3FO3/c1-2-3(5)8-4(6)7-2/h3H,1H2. The van der Waals surface area contributed by atoms with Crippen molar-refractivity contribution >= 4 is 6.16 Å². The number of ether oxygens (including phenoxy) is 2. The van der Waals surface area contributed by atoms with E-state index >= 15 is 0 Å². The van der Waals surface area contributed by atoms with Crippen LogP contribution in [-0.2, 0) is 9.47 Å². The van der Waals surface area contributed by atoms with Crippen LogP contribution in [0.1, 0.15) is 0 Å². The normalized spacial score (nSPS) is 27.4. The van der Waals surface area contributed by atoms with Crippen molar-refractivity contribution in [2.45, 2.75) is 6.36 Å². The van der Waals surface area contributed by atoms with Gasteiger partial charge in [0.1, 0.15) is 0 Å². The fourth-order valence-corrected chi connectivity index (χ4v) is 0.328. The van der Waals surface area contributed by atoms with Crippen LogP contribution in [0.25, 0.3) is 0 Å². The van der Waals surface area contributed by atoms with E-state index in [0.717, 1.165) is 0 Å². The van der Waals surface area contributed by atoms with E-state index < -0.39 is 12.5 Å². The van der Waals surface area contributed by atoms with Crippen molar-refractivity contribution in [3.8, 4) is 0 Å². The molecule has 8 heavy (non-hydrogen) atoms. The second-order valence-corrected chi connectivity index (χ2v) is 1.25. The summed E-state index contributed by atoms with van der Waals surface area (Å²) >= 11 is 0. The Morgan fingerprint density at radius 1 is 1.75 bits per heavy atom. The zero-order valence-corrected chi connectivity index (χ0v) is 3.89. The van der Waals surface area contributed by atoms with Gasteiger partial charge in [-0.2, -0.15) is 4.39 Å². The van der Waals surface area contributed by atoms with Crippen molar-refractivity contribution in [2.24, 2.45) is 0 Å². The number of cyclic esters (lactones) is 2. The summed E-state index contributed by atoms with van der Waals surface area (Å²) in [4.78, 5) is 9.92. The van der Waals surface area contributed by atoms with Gasteiger partial charge in [0.25, 0.3) is 0 Å². The van der Waals surface area contributed by atoms with Gasteiger partial charge in [-0.1, -0.05) is 6.58 Å². The molecule has 0 aromatic carbocycles. The highest BCUT2D eigenvalue weighted by Crippen LogP contribution is 2.16. The Labute approximate surface area is 44.7 Å². The third-order valence-corrected chi connectivity index (χ3v) is 0.667. The zero-order chi connectivity index (χ0) is 6.15. The lowest BCUT2D eigenvalue weighted by molar-refractivity contribution is 0.0652. The summed E-state index contributed by atoms with van der Waals surface area (Å²) in [5, 5.41) is 0. The second kappa shape index (κ2) is 1.47. The monoisotopic (exact) mass is 118 g/mol. The predicted molar refractivity (Wildman–Crippen MR) is 21.6 cm³/mol. The van der Waals surface area contributed by atoms with E-state index in [9.17, 15) is 9.18 Å². The number of carbonyl (C=O) groups is 1. The zero-order valence-electron chi connectivity index (χ0n) is 3.89. The van der Waals surface area contributed by atoms with E-state index in [0.29, 0.717) is 0 Å². The number of rotatable bonds is 0. The van der Waals surface area contributed by atoms with Crippen molar-refractivity contribution in [3.63, 3.8) is 0 Å². The van der Waals surface area contributed by atoms with E-state index in [4.69, 9.17) is 0 Å². The van der Waals surface area contributed by atoms with Gasteiger partial charge >= 0.3 is 12.5 Å². The highest BCUT2D eigenvalue weighted by atomic mass is 19.1. The molecule has 1 atom stereocenters. The van der Waals surface area contributed by atoms with Gasteiger partial charge in [-0.05, 0) is 0 Å². The maximum absolute atomic E-state index is 11.9. The lowest BCUT2D eigenvalue weighted by Gasteiger charge is -1.88. The first-order valence-electron chi connectivity index (χ1n) is 1.91. The van der Waals surface area contributed by atoms with Crippen LogP contribution in [0.5, 0.6) is 0 Å². The summed E-state index contributed by atoms with van der Waals surface area (Å²) in [6.07, 6.45) is -2.80. The summed E-state index contributed by atoms with van der Waals surface area (Å²) in [5.74, 6) is -0.282. The van der Waals surface area contributed by atoms with E-state index in [1.807, 2.05) is 0 Å². The van der Waals surface area contributed by atoms with E-state index in [2.05, 4.69) is 16.1 Å². The van der Waals surface area contributed by atoms with Crippen LogP contribution in [0.2, 0.25) is 0 Å². The summed E-state index contributed by atoms with van der Waals surface area (Å²) in [6, 6.07) is 0. The van der Waals surface area contributed by atoms with E-state index in [1.165, 1.54) is 0 Å². The molecule has 44 valence electrons. The molecular weight excluding hydrogens is 115 g/mol. The molecule has 1 fully saturated rings. The molecule has 0 N–H and O–H groups in total. The van der Waals surface area contributed by atoms with Gasteiger partial charge in [0.2, 0.25) is 0 Å². The lowest BCUT2D eigenvalue weighted by Crippen LogP contribution is -1.97. The van der Waals surface area contributed by atoms with E-state index in [1.54, 1.807) is 0 Å².